The van der Waals surface area contributed by atoms with Crippen LogP contribution >= 0.6 is 0 Å². The molecule has 0 saturated heterocycles. The van der Waals surface area contributed by atoms with E-state index >= 15 is 0 Å². The molecular formula is C19H17NO2. The van der Waals surface area contributed by atoms with Gasteiger partial charge in [-0.15, -0.1) is 0 Å². The summed E-state index contributed by atoms with van der Waals surface area (Å²) in [4.78, 5) is 11.5. The Morgan fingerprint density at radius 2 is 1.68 bits per heavy atom. The van der Waals surface area contributed by atoms with E-state index in [1.807, 2.05) is 47.2 Å². The van der Waals surface area contributed by atoms with Gasteiger partial charge in [-0.1, -0.05) is 36.4 Å². The van der Waals surface area contributed by atoms with E-state index in [-0.39, 0.29) is 0 Å². The van der Waals surface area contributed by atoms with Crippen LogP contribution in [-0.4, -0.2) is 15.6 Å². The van der Waals surface area contributed by atoms with Gasteiger partial charge >= 0.3 is 5.97 Å². The topological polar surface area (TPSA) is 42.2 Å². The maximum Gasteiger partial charge on any atom is 0.337 e. The summed E-state index contributed by atoms with van der Waals surface area (Å²) in [5.41, 5.74) is 5.27. The maximum atomic E-state index is 11.5. The minimum Gasteiger partial charge on any atom is -0.478 e. The molecule has 1 N–H and O–H groups in total. The van der Waals surface area contributed by atoms with Crippen molar-refractivity contribution in [1.29, 1.82) is 0 Å². The summed E-state index contributed by atoms with van der Waals surface area (Å²) in [6.07, 6.45) is 1.82. The Morgan fingerprint density at radius 1 is 0.955 bits per heavy atom. The van der Waals surface area contributed by atoms with Crippen LogP contribution in [0, 0.1) is 13.8 Å². The minimum atomic E-state index is -0.915. The van der Waals surface area contributed by atoms with E-state index < -0.39 is 5.97 Å². The molecule has 3 rings (SSSR count). The Hall–Kier alpha value is -2.81. The second kappa shape index (κ2) is 5.53. The molecule has 1 aromatic heterocycles. The molecule has 0 aliphatic heterocycles. The van der Waals surface area contributed by atoms with Crippen LogP contribution in [0.25, 0.3) is 16.9 Å². The van der Waals surface area contributed by atoms with Crippen LogP contribution in [-0.2, 0) is 0 Å². The van der Waals surface area contributed by atoms with Gasteiger partial charge in [0.15, 0.2) is 0 Å². The van der Waals surface area contributed by atoms with E-state index in [2.05, 4.69) is 26.0 Å². The minimum absolute atomic E-state index is 0.310. The zero-order valence-corrected chi connectivity index (χ0v) is 12.6. The highest BCUT2D eigenvalue weighted by Gasteiger charge is 2.17. The number of carboxylic acid groups (broad SMARTS) is 1. The molecule has 0 spiro atoms. The third-order valence-corrected chi connectivity index (χ3v) is 3.93. The number of hydrogen-bond acceptors (Lipinski definition) is 1. The molecule has 0 unspecified atom stereocenters. The maximum absolute atomic E-state index is 11.5. The predicted molar refractivity (Wildman–Crippen MR) is 87.6 cm³/mol. The Labute approximate surface area is 129 Å². The van der Waals surface area contributed by atoms with Crippen molar-refractivity contribution in [1.82, 2.24) is 4.57 Å². The first-order chi connectivity index (χ1) is 10.6. The molecule has 0 saturated carbocycles. The SMILES string of the molecule is Cc1ccc(-n2ccc(C(=O)O)c2-c2ccccc2)cc1C. The van der Waals surface area contributed by atoms with Crippen LogP contribution in [0.4, 0.5) is 0 Å². The van der Waals surface area contributed by atoms with Crippen molar-refractivity contribution in [3.8, 4) is 16.9 Å². The molecule has 0 atom stereocenters. The number of nitrogens with zero attached hydrogens (tertiary/aromatic N) is 1. The Morgan fingerprint density at radius 3 is 2.32 bits per heavy atom. The van der Waals surface area contributed by atoms with Crippen molar-refractivity contribution in [3.05, 3.63) is 77.5 Å². The number of carbonyl (C=O) groups is 1. The van der Waals surface area contributed by atoms with Gasteiger partial charge in [0.1, 0.15) is 0 Å². The molecule has 0 bridgehead atoms. The van der Waals surface area contributed by atoms with E-state index in [9.17, 15) is 9.90 Å². The second-order valence-corrected chi connectivity index (χ2v) is 5.39. The smallest absolute Gasteiger partial charge is 0.337 e. The van der Waals surface area contributed by atoms with Crippen LogP contribution in [0.3, 0.4) is 0 Å². The van der Waals surface area contributed by atoms with Crippen LogP contribution in [0.5, 0.6) is 0 Å². The number of carboxylic acids is 1. The average molecular weight is 291 g/mol. The fourth-order valence-corrected chi connectivity index (χ4v) is 2.59. The van der Waals surface area contributed by atoms with Gasteiger partial charge < -0.3 is 9.67 Å². The molecule has 0 aliphatic carbocycles. The summed E-state index contributed by atoms with van der Waals surface area (Å²) < 4.78 is 1.94. The lowest BCUT2D eigenvalue weighted by atomic mass is 10.1. The lowest BCUT2D eigenvalue weighted by Gasteiger charge is -2.12. The van der Waals surface area contributed by atoms with Gasteiger partial charge in [0.05, 0.1) is 11.3 Å². The Bertz CT molecular complexity index is 832. The fourth-order valence-electron chi connectivity index (χ4n) is 2.59. The molecular weight excluding hydrogens is 274 g/mol. The first-order valence-electron chi connectivity index (χ1n) is 7.15. The van der Waals surface area contributed by atoms with Crippen molar-refractivity contribution < 1.29 is 9.90 Å². The van der Waals surface area contributed by atoms with Gasteiger partial charge in [-0.3, -0.25) is 0 Å². The van der Waals surface area contributed by atoms with Gasteiger partial charge in [0.2, 0.25) is 0 Å². The van der Waals surface area contributed by atoms with Gasteiger partial charge in [0.25, 0.3) is 0 Å². The fraction of sp³-hybridized carbons (Fsp3) is 0.105. The zero-order chi connectivity index (χ0) is 15.7. The first kappa shape index (κ1) is 14.1. The summed E-state index contributed by atoms with van der Waals surface area (Å²) in [5, 5.41) is 9.47. The zero-order valence-electron chi connectivity index (χ0n) is 12.6. The average Bonchev–Trinajstić information content (AvgIpc) is 2.96. The van der Waals surface area contributed by atoms with E-state index in [4.69, 9.17) is 0 Å². The van der Waals surface area contributed by atoms with Crippen LogP contribution < -0.4 is 0 Å². The molecule has 0 aliphatic rings. The standard InChI is InChI=1S/C19H17NO2/c1-13-8-9-16(12-14(13)2)20-11-10-17(19(21)22)18(20)15-6-4-3-5-7-15/h3-12H,1-2H3,(H,21,22). The lowest BCUT2D eigenvalue weighted by molar-refractivity contribution is 0.0698. The molecule has 0 fully saturated rings. The third kappa shape index (κ3) is 2.42. The van der Waals surface area contributed by atoms with Gasteiger partial charge in [0, 0.05) is 11.9 Å². The molecule has 0 amide bonds. The highest BCUT2D eigenvalue weighted by molar-refractivity contribution is 5.95. The molecule has 3 nitrogen and oxygen atoms in total. The van der Waals surface area contributed by atoms with E-state index in [1.165, 1.54) is 11.1 Å². The number of rotatable bonds is 3. The summed E-state index contributed by atoms with van der Waals surface area (Å²) in [5.74, 6) is -0.915. The summed E-state index contributed by atoms with van der Waals surface area (Å²) in [6.45, 7) is 4.12. The molecule has 3 heteroatoms. The predicted octanol–water partition coefficient (Wildman–Crippen LogP) is 4.46. The largest absolute Gasteiger partial charge is 0.478 e. The Kier molecular flexibility index (Phi) is 3.55. The first-order valence-corrected chi connectivity index (χ1v) is 7.15. The molecule has 2 aromatic carbocycles. The van der Waals surface area contributed by atoms with Gasteiger partial charge in [-0.25, -0.2) is 4.79 Å². The highest BCUT2D eigenvalue weighted by atomic mass is 16.4. The van der Waals surface area contributed by atoms with Gasteiger partial charge in [-0.2, -0.15) is 0 Å². The molecule has 110 valence electrons. The number of hydrogen-bond donors (Lipinski definition) is 1. The normalized spacial score (nSPS) is 10.6. The summed E-state index contributed by atoms with van der Waals surface area (Å²) in [6, 6.07) is 17.4. The van der Waals surface area contributed by atoms with Crippen LogP contribution in [0.2, 0.25) is 0 Å². The van der Waals surface area contributed by atoms with Crippen molar-refractivity contribution in [2.75, 3.05) is 0 Å². The highest BCUT2D eigenvalue weighted by Crippen LogP contribution is 2.29. The number of aromatic nitrogens is 1. The van der Waals surface area contributed by atoms with Crippen LogP contribution in [0.15, 0.2) is 60.8 Å². The quantitative estimate of drug-likeness (QED) is 0.774. The number of aryl methyl sites for hydroxylation is 2. The van der Waals surface area contributed by atoms with Crippen molar-refractivity contribution in [3.63, 3.8) is 0 Å². The monoisotopic (exact) mass is 291 g/mol. The summed E-state index contributed by atoms with van der Waals surface area (Å²) in [7, 11) is 0. The molecule has 1 heterocycles. The summed E-state index contributed by atoms with van der Waals surface area (Å²) >= 11 is 0. The molecule has 3 aromatic rings. The third-order valence-electron chi connectivity index (χ3n) is 3.93. The number of aromatic carboxylic acids is 1. The lowest BCUT2D eigenvalue weighted by Crippen LogP contribution is -2.02. The second-order valence-electron chi connectivity index (χ2n) is 5.39. The van der Waals surface area contributed by atoms with Crippen molar-refractivity contribution in [2.24, 2.45) is 0 Å². The van der Waals surface area contributed by atoms with E-state index in [0.29, 0.717) is 11.3 Å². The Balaban J connectivity index is 2.24. The van der Waals surface area contributed by atoms with Crippen molar-refractivity contribution in [2.45, 2.75) is 13.8 Å². The van der Waals surface area contributed by atoms with E-state index in [1.54, 1.807) is 6.07 Å². The van der Waals surface area contributed by atoms with Crippen molar-refractivity contribution >= 4 is 5.97 Å². The molecule has 22 heavy (non-hydrogen) atoms. The van der Waals surface area contributed by atoms with Crippen LogP contribution in [0.1, 0.15) is 21.5 Å². The molecule has 0 radical (unpaired) electrons. The van der Waals surface area contributed by atoms with E-state index in [0.717, 1.165) is 11.3 Å². The number of benzene rings is 2. The van der Waals surface area contributed by atoms with Gasteiger partial charge in [-0.05, 0) is 48.7 Å².